The zero-order chi connectivity index (χ0) is 18.1. The average molecular weight is 385 g/mol. The predicted molar refractivity (Wildman–Crippen MR) is 103 cm³/mol. The second-order valence-corrected chi connectivity index (χ2v) is 8.02. The topological polar surface area (TPSA) is 60.7 Å². The molecule has 1 saturated carbocycles. The van der Waals surface area contributed by atoms with E-state index in [0.29, 0.717) is 16.6 Å². The lowest BCUT2D eigenvalue weighted by Crippen LogP contribution is -2.14. The lowest BCUT2D eigenvalue weighted by molar-refractivity contribution is 0.0994. The van der Waals surface area contributed by atoms with E-state index in [1.807, 2.05) is 19.1 Å². The summed E-state index contributed by atoms with van der Waals surface area (Å²) in [5, 5.41) is 9.89. The van der Waals surface area contributed by atoms with E-state index in [1.165, 1.54) is 11.8 Å². The fourth-order valence-corrected chi connectivity index (χ4v) is 3.90. The number of hydrogen-bond donors (Lipinski definition) is 0. The average Bonchev–Trinajstić information content (AvgIpc) is 3.42. The number of pyridine rings is 1. The molecule has 0 aliphatic heterocycles. The normalized spacial score (nSPS) is 15.0. The molecule has 1 aliphatic rings. The standard InChI is InChI=1S/C19H17ClN4OS/c1-12(17(25)13-2-4-15(20)5-3-13)26-19-23-22-18(24(19)16-6-7-16)14-8-10-21-11-9-14/h2-5,8-12,16H,6-7H2,1H3/t12-/m1/s1. The Labute approximate surface area is 160 Å². The highest BCUT2D eigenvalue weighted by molar-refractivity contribution is 8.00. The molecule has 0 saturated heterocycles. The first-order valence-electron chi connectivity index (χ1n) is 8.45. The van der Waals surface area contributed by atoms with Crippen LogP contribution in [0.15, 0.2) is 53.9 Å². The van der Waals surface area contributed by atoms with Gasteiger partial charge in [-0.1, -0.05) is 23.4 Å². The molecule has 0 unspecified atom stereocenters. The molecule has 7 heteroatoms. The third-order valence-electron chi connectivity index (χ3n) is 4.30. The molecule has 1 atom stereocenters. The van der Waals surface area contributed by atoms with E-state index in [1.54, 1.807) is 36.7 Å². The molecule has 0 spiro atoms. The Balaban J connectivity index is 1.59. The van der Waals surface area contributed by atoms with Crippen LogP contribution in [0.5, 0.6) is 0 Å². The number of rotatable bonds is 6. The number of thioether (sulfide) groups is 1. The Hall–Kier alpha value is -2.18. The van der Waals surface area contributed by atoms with Crippen molar-refractivity contribution in [2.45, 2.75) is 36.2 Å². The van der Waals surface area contributed by atoms with Crippen molar-refractivity contribution < 1.29 is 4.79 Å². The van der Waals surface area contributed by atoms with Gasteiger partial charge in [-0.15, -0.1) is 10.2 Å². The van der Waals surface area contributed by atoms with Crippen molar-refractivity contribution in [1.29, 1.82) is 0 Å². The van der Waals surface area contributed by atoms with Crippen molar-refractivity contribution >= 4 is 29.1 Å². The molecular formula is C19H17ClN4OS. The van der Waals surface area contributed by atoms with E-state index in [9.17, 15) is 4.79 Å². The molecule has 0 N–H and O–H groups in total. The summed E-state index contributed by atoms with van der Waals surface area (Å²) < 4.78 is 2.16. The maximum Gasteiger partial charge on any atom is 0.192 e. The number of ketones is 1. The van der Waals surface area contributed by atoms with Crippen LogP contribution >= 0.6 is 23.4 Å². The van der Waals surface area contributed by atoms with Gasteiger partial charge < -0.3 is 0 Å². The molecule has 3 aromatic rings. The Morgan fingerprint density at radius 3 is 2.50 bits per heavy atom. The monoisotopic (exact) mass is 384 g/mol. The Morgan fingerprint density at radius 2 is 1.85 bits per heavy atom. The summed E-state index contributed by atoms with van der Waals surface area (Å²) in [7, 11) is 0. The predicted octanol–water partition coefficient (Wildman–Crippen LogP) is 4.69. The molecule has 132 valence electrons. The second kappa shape index (κ2) is 7.21. The third-order valence-corrected chi connectivity index (χ3v) is 5.60. The van der Waals surface area contributed by atoms with Gasteiger partial charge in [0.2, 0.25) is 0 Å². The minimum atomic E-state index is -0.261. The fraction of sp³-hybridized carbons (Fsp3) is 0.263. The molecule has 1 aliphatic carbocycles. The highest BCUT2D eigenvalue weighted by Gasteiger charge is 2.31. The van der Waals surface area contributed by atoms with Gasteiger partial charge in [0.1, 0.15) is 0 Å². The molecule has 1 aromatic carbocycles. The van der Waals surface area contributed by atoms with Crippen LogP contribution in [0.3, 0.4) is 0 Å². The van der Waals surface area contributed by atoms with Gasteiger partial charge >= 0.3 is 0 Å². The van der Waals surface area contributed by atoms with Crippen molar-refractivity contribution in [3.8, 4) is 11.4 Å². The van der Waals surface area contributed by atoms with Crippen LogP contribution < -0.4 is 0 Å². The minimum Gasteiger partial charge on any atom is -0.299 e. The van der Waals surface area contributed by atoms with Crippen molar-refractivity contribution in [1.82, 2.24) is 19.7 Å². The summed E-state index contributed by atoms with van der Waals surface area (Å²) in [4.78, 5) is 16.8. The maximum absolute atomic E-state index is 12.7. The van der Waals surface area contributed by atoms with E-state index in [2.05, 4.69) is 19.7 Å². The summed E-state index contributed by atoms with van der Waals surface area (Å²) in [6.45, 7) is 1.90. The van der Waals surface area contributed by atoms with Crippen molar-refractivity contribution in [3.63, 3.8) is 0 Å². The van der Waals surface area contributed by atoms with Gasteiger partial charge in [-0.25, -0.2) is 0 Å². The van der Waals surface area contributed by atoms with E-state index in [0.717, 1.165) is 29.4 Å². The number of hydrogen-bond acceptors (Lipinski definition) is 5. The number of benzene rings is 1. The molecule has 0 amide bonds. The highest BCUT2D eigenvalue weighted by atomic mass is 35.5. The van der Waals surface area contributed by atoms with Crippen molar-refractivity contribution in [3.05, 3.63) is 59.4 Å². The van der Waals surface area contributed by atoms with Gasteiger partial charge in [-0.2, -0.15) is 0 Å². The molecule has 0 bridgehead atoms. The zero-order valence-electron chi connectivity index (χ0n) is 14.2. The van der Waals surface area contributed by atoms with Crippen LogP contribution in [0, 0.1) is 0 Å². The van der Waals surface area contributed by atoms with Crippen LogP contribution in [0.2, 0.25) is 5.02 Å². The Bertz CT molecular complexity index is 922. The van der Waals surface area contributed by atoms with E-state index >= 15 is 0 Å². The molecule has 4 rings (SSSR count). The lowest BCUT2D eigenvalue weighted by Gasteiger charge is -2.12. The minimum absolute atomic E-state index is 0.0578. The first kappa shape index (κ1) is 17.2. The van der Waals surface area contributed by atoms with Gasteiger partial charge in [-0.05, 0) is 56.2 Å². The van der Waals surface area contributed by atoms with Gasteiger partial charge in [-0.3, -0.25) is 14.3 Å². The lowest BCUT2D eigenvalue weighted by atomic mass is 10.1. The van der Waals surface area contributed by atoms with Crippen LogP contribution in [-0.2, 0) is 0 Å². The smallest absolute Gasteiger partial charge is 0.192 e. The molecule has 2 heterocycles. The van der Waals surface area contributed by atoms with Gasteiger partial charge in [0.15, 0.2) is 16.8 Å². The number of Topliss-reactive ketones (excluding diaryl/α,β-unsaturated/α-hetero) is 1. The zero-order valence-corrected chi connectivity index (χ0v) is 15.7. The third kappa shape index (κ3) is 3.52. The first-order chi connectivity index (χ1) is 12.6. The molecule has 5 nitrogen and oxygen atoms in total. The SMILES string of the molecule is C[C@@H](Sc1nnc(-c2ccncc2)n1C1CC1)C(=O)c1ccc(Cl)cc1. The Morgan fingerprint density at radius 1 is 1.15 bits per heavy atom. The maximum atomic E-state index is 12.7. The molecule has 26 heavy (non-hydrogen) atoms. The number of halogens is 1. The van der Waals surface area contributed by atoms with E-state index in [-0.39, 0.29) is 11.0 Å². The van der Waals surface area contributed by atoms with Gasteiger partial charge in [0, 0.05) is 34.6 Å². The summed E-state index contributed by atoms with van der Waals surface area (Å²) >= 11 is 7.36. The fourth-order valence-electron chi connectivity index (χ4n) is 2.78. The first-order valence-corrected chi connectivity index (χ1v) is 9.71. The number of carbonyl (C=O) groups is 1. The summed E-state index contributed by atoms with van der Waals surface area (Å²) in [5.74, 6) is 0.894. The highest BCUT2D eigenvalue weighted by Crippen LogP contribution is 2.41. The molecule has 2 aromatic heterocycles. The summed E-state index contributed by atoms with van der Waals surface area (Å²) in [6.07, 6.45) is 5.73. The van der Waals surface area contributed by atoms with Crippen molar-refractivity contribution in [2.75, 3.05) is 0 Å². The van der Waals surface area contributed by atoms with Crippen LogP contribution in [0.1, 0.15) is 36.2 Å². The molecular weight excluding hydrogens is 368 g/mol. The summed E-state index contributed by atoms with van der Waals surface area (Å²) in [5.41, 5.74) is 1.64. The van der Waals surface area contributed by atoms with E-state index < -0.39 is 0 Å². The number of carbonyl (C=O) groups excluding carboxylic acids is 1. The van der Waals surface area contributed by atoms with Crippen LogP contribution in [0.25, 0.3) is 11.4 Å². The molecule has 1 fully saturated rings. The van der Waals surface area contributed by atoms with Crippen molar-refractivity contribution in [2.24, 2.45) is 0 Å². The quantitative estimate of drug-likeness (QED) is 0.455. The largest absolute Gasteiger partial charge is 0.299 e. The van der Waals surface area contributed by atoms with Gasteiger partial charge in [0.25, 0.3) is 0 Å². The van der Waals surface area contributed by atoms with E-state index in [4.69, 9.17) is 11.6 Å². The number of nitrogens with zero attached hydrogens (tertiary/aromatic N) is 4. The second-order valence-electron chi connectivity index (χ2n) is 6.27. The summed E-state index contributed by atoms with van der Waals surface area (Å²) in [6, 6.07) is 11.3. The van der Waals surface area contributed by atoms with Gasteiger partial charge in [0.05, 0.1) is 5.25 Å². The Kier molecular flexibility index (Phi) is 4.78. The number of aromatic nitrogens is 4. The van der Waals surface area contributed by atoms with Crippen LogP contribution in [0.4, 0.5) is 0 Å². The van der Waals surface area contributed by atoms with Crippen LogP contribution in [-0.4, -0.2) is 30.8 Å². The molecule has 0 radical (unpaired) electrons.